The van der Waals surface area contributed by atoms with Crippen molar-refractivity contribution >= 4 is 11.8 Å². The molecule has 21 heavy (non-hydrogen) atoms. The quantitative estimate of drug-likeness (QED) is 0.484. The minimum atomic E-state index is -0.826. The number of ether oxygens (including phenoxy) is 3. The van der Waals surface area contributed by atoms with Crippen molar-refractivity contribution in [2.45, 2.75) is 32.6 Å². The van der Waals surface area contributed by atoms with E-state index in [0.29, 0.717) is 36.7 Å². The Balaban J connectivity index is 2.11. The minimum Gasteiger partial charge on any atom is -0.493 e. The summed E-state index contributed by atoms with van der Waals surface area (Å²) in [6, 6.07) is 1.95. The van der Waals surface area contributed by atoms with Crippen molar-refractivity contribution in [3.8, 4) is 11.5 Å². The van der Waals surface area contributed by atoms with Gasteiger partial charge in [0.05, 0.1) is 25.4 Å². The predicted octanol–water partition coefficient (Wildman–Crippen LogP) is 2.08. The molecular formula is C16H18O5. The van der Waals surface area contributed by atoms with Crippen LogP contribution >= 0.6 is 0 Å². The Morgan fingerprint density at radius 2 is 1.95 bits per heavy atom. The van der Waals surface area contributed by atoms with E-state index in [1.165, 1.54) is 0 Å². The number of aryl methyl sites for hydroxylation is 1. The number of rotatable bonds is 3. The third-order valence-corrected chi connectivity index (χ3v) is 3.78. The maximum absolute atomic E-state index is 12.5. The molecule has 2 aliphatic rings. The molecule has 0 amide bonds. The summed E-state index contributed by atoms with van der Waals surface area (Å²) < 4.78 is 16.2. The SMILES string of the molecule is CCOC(=O)C(=O)c1c2c(cc3c1OCCC3)OCCC2. The van der Waals surface area contributed by atoms with Crippen molar-refractivity contribution in [2.24, 2.45) is 0 Å². The van der Waals surface area contributed by atoms with Crippen LogP contribution in [0.1, 0.15) is 41.3 Å². The van der Waals surface area contributed by atoms with Crippen LogP contribution in [0.5, 0.6) is 11.5 Å². The third kappa shape index (κ3) is 2.48. The average Bonchev–Trinajstić information content (AvgIpc) is 2.52. The van der Waals surface area contributed by atoms with Crippen molar-refractivity contribution in [3.63, 3.8) is 0 Å². The van der Waals surface area contributed by atoms with Crippen molar-refractivity contribution in [1.29, 1.82) is 0 Å². The molecule has 1 aromatic rings. The van der Waals surface area contributed by atoms with Crippen LogP contribution in [0.4, 0.5) is 0 Å². The van der Waals surface area contributed by atoms with Crippen LogP contribution in [-0.2, 0) is 22.4 Å². The van der Waals surface area contributed by atoms with Crippen molar-refractivity contribution in [1.82, 2.24) is 0 Å². The third-order valence-electron chi connectivity index (χ3n) is 3.78. The Labute approximate surface area is 123 Å². The van der Waals surface area contributed by atoms with Crippen molar-refractivity contribution in [3.05, 3.63) is 22.8 Å². The first-order chi connectivity index (χ1) is 10.2. The number of hydrogen-bond acceptors (Lipinski definition) is 5. The van der Waals surface area contributed by atoms with Crippen LogP contribution in [0.2, 0.25) is 0 Å². The highest BCUT2D eigenvalue weighted by Gasteiger charge is 2.31. The molecule has 1 aromatic carbocycles. The van der Waals surface area contributed by atoms with Crippen LogP contribution in [0.3, 0.4) is 0 Å². The van der Waals surface area contributed by atoms with E-state index in [1.54, 1.807) is 6.92 Å². The molecule has 5 heteroatoms. The van der Waals surface area contributed by atoms with Gasteiger partial charge in [0.25, 0.3) is 5.78 Å². The first-order valence-electron chi connectivity index (χ1n) is 7.38. The lowest BCUT2D eigenvalue weighted by atomic mass is 9.91. The van der Waals surface area contributed by atoms with Gasteiger partial charge in [0.15, 0.2) is 0 Å². The minimum absolute atomic E-state index is 0.180. The van der Waals surface area contributed by atoms with E-state index in [4.69, 9.17) is 14.2 Å². The molecule has 0 saturated carbocycles. The molecule has 0 radical (unpaired) electrons. The molecular weight excluding hydrogens is 272 g/mol. The summed E-state index contributed by atoms with van der Waals surface area (Å²) in [7, 11) is 0. The summed E-state index contributed by atoms with van der Waals surface area (Å²) in [6.07, 6.45) is 3.27. The highest BCUT2D eigenvalue weighted by atomic mass is 16.5. The van der Waals surface area contributed by atoms with Crippen molar-refractivity contribution in [2.75, 3.05) is 19.8 Å². The van der Waals surface area contributed by atoms with Crippen LogP contribution < -0.4 is 9.47 Å². The smallest absolute Gasteiger partial charge is 0.379 e. The molecule has 3 rings (SSSR count). The monoisotopic (exact) mass is 290 g/mol. The number of fused-ring (bicyclic) bond motifs is 2. The van der Waals surface area contributed by atoms with Gasteiger partial charge < -0.3 is 14.2 Å². The molecule has 0 spiro atoms. The Morgan fingerprint density at radius 1 is 1.19 bits per heavy atom. The molecule has 2 heterocycles. The average molecular weight is 290 g/mol. The maximum Gasteiger partial charge on any atom is 0.379 e. The summed E-state index contributed by atoms with van der Waals surface area (Å²) in [5, 5.41) is 0. The van der Waals surface area contributed by atoms with E-state index in [9.17, 15) is 9.59 Å². The molecule has 0 saturated heterocycles. The zero-order valence-corrected chi connectivity index (χ0v) is 12.1. The van der Waals surface area contributed by atoms with Gasteiger partial charge in [-0.2, -0.15) is 0 Å². The second-order valence-electron chi connectivity index (χ2n) is 5.17. The van der Waals surface area contributed by atoms with E-state index in [0.717, 1.165) is 30.4 Å². The van der Waals surface area contributed by atoms with Gasteiger partial charge in [0.1, 0.15) is 11.5 Å². The van der Waals surface area contributed by atoms with Gasteiger partial charge in [-0.15, -0.1) is 0 Å². The normalized spacial score (nSPS) is 16.0. The fourth-order valence-corrected chi connectivity index (χ4v) is 2.87. The first-order valence-corrected chi connectivity index (χ1v) is 7.38. The molecule has 0 atom stereocenters. The predicted molar refractivity (Wildman–Crippen MR) is 75.0 cm³/mol. The molecule has 112 valence electrons. The van der Waals surface area contributed by atoms with E-state index in [2.05, 4.69) is 0 Å². The lowest BCUT2D eigenvalue weighted by Gasteiger charge is -2.26. The second-order valence-corrected chi connectivity index (χ2v) is 5.17. The largest absolute Gasteiger partial charge is 0.493 e. The lowest BCUT2D eigenvalue weighted by Crippen LogP contribution is -2.24. The summed E-state index contributed by atoms with van der Waals surface area (Å²) in [6.45, 7) is 3.06. The van der Waals surface area contributed by atoms with E-state index in [1.807, 2.05) is 6.07 Å². The van der Waals surface area contributed by atoms with E-state index in [-0.39, 0.29) is 6.61 Å². The molecule has 0 aliphatic carbocycles. The molecule has 0 N–H and O–H groups in total. The summed E-state index contributed by atoms with van der Waals surface area (Å²) in [4.78, 5) is 24.3. The van der Waals surface area contributed by atoms with Crippen LogP contribution in [0, 0.1) is 0 Å². The molecule has 0 unspecified atom stereocenters. The molecule has 5 nitrogen and oxygen atoms in total. The van der Waals surface area contributed by atoms with Crippen LogP contribution in [0.25, 0.3) is 0 Å². The van der Waals surface area contributed by atoms with Crippen LogP contribution in [-0.4, -0.2) is 31.6 Å². The number of Topliss-reactive ketones (excluding diaryl/α,β-unsaturated/α-hetero) is 1. The number of benzene rings is 1. The topological polar surface area (TPSA) is 61.8 Å². The first kappa shape index (κ1) is 13.9. The summed E-state index contributed by atoms with van der Waals surface area (Å²) in [5.41, 5.74) is 2.06. The summed E-state index contributed by atoms with van der Waals surface area (Å²) in [5.74, 6) is -0.202. The fraction of sp³-hybridized carbons (Fsp3) is 0.500. The van der Waals surface area contributed by atoms with Crippen LogP contribution in [0.15, 0.2) is 6.07 Å². The fourth-order valence-electron chi connectivity index (χ4n) is 2.87. The Morgan fingerprint density at radius 3 is 2.76 bits per heavy atom. The highest BCUT2D eigenvalue weighted by Crippen LogP contribution is 2.40. The maximum atomic E-state index is 12.5. The van der Waals surface area contributed by atoms with Gasteiger partial charge in [-0.05, 0) is 44.2 Å². The molecule has 2 aliphatic heterocycles. The van der Waals surface area contributed by atoms with Gasteiger partial charge in [-0.3, -0.25) is 4.79 Å². The lowest BCUT2D eigenvalue weighted by molar-refractivity contribution is -0.137. The number of carbonyl (C=O) groups excluding carboxylic acids is 2. The number of carbonyl (C=O) groups is 2. The number of ketones is 1. The Bertz CT molecular complexity index is 557. The standard InChI is InChI=1S/C16H18O5/c1-2-19-16(18)14(17)13-11-6-4-7-20-12(11)9-10-5-3-8-21-15(10)13/h9H,2-8H2,1H3. The van der Waals surface area contributed by atoms with E-state index < -0.39 is 11.8 Å². The van der Waals surface area contributed by atoms with Gasteiger partial charge in [-0.1, -0.05) is 0 Å². The highest BCUT2D eigenvalue weighted by molar-refractivity contribution is 6.41. The number of hydrogen-bond donors (Lipinski definition) is 0. The Hall–Kier alpha value is -2.04. The van der Waals surface area contributed by atoms with Gasteiger partial charge in [0.2, 0.25) is 0 Å². The molecule has 0 bridgehead atoms. The zero-order valence-electron chi connectivity index (χ0n) is 12.1. The summed E-state index contributed by atoms with van der Waals surface area (Å²) >= 11 is 0. The van der Waals surface area contributed by atoms with Crippen molar-refractivity contribution < 1.29 is 23.8 Å². The van der Waals surface area contributed by atoms with Gasteiger partial charge in [-0.25, -0.2) is 4.79 Å². The zero-order chi connectivity index (χ0) is 14.8. The van der Waals surface area contributed by atoms with Gasteiger partial charge >= 0.3 is 5.97 Å². The Kier molecular flexibility index (Phi) is 3.82. The molecule has 0 fully saturated rings. The van der Waals surface area contributed by atoms with E-state index >= 15 is 0 Å². The number of esters is 1. The second kappa shape index (κ2) is 5.76. The molecule has 0 aromatic heterocycles. The van der Waals surface area contributed by atoms with Gasteiger partial charge in [0, 0.05) is 5.56 Å².